The fourth-order valence-corrected chi connectivity index (χ4v) is 3.59. The normalized spacial score (nSPS) is 20.1. The summed E-state index contributed by atoms with van der Waals surface area (Å²) < 4.78 is 11.1. The van der Waals surface area contributed by atoms with E-state index in [9.17, 15) is 4.79 Å². The number of ether oxygens (including phenoxy) is 2. The predicted octanol–water partition coefficient (Wildman–Crippen LogP) is 3.69. The summed E-state index contributed by atoms with van der Waals surface area (Å²) in [6.45, 7) is 2.29. The molecule has 1 amide bonds. The summed E-state index contributed by atoms with van der Waals surface area (Å²) in [5.74, 6) is 1.71. The smallest absolute Gasteiger partial charge is 0.267 e. The maximum absolute atomic E-state index is 12.4. The number of rotatable bonds is 6. The molecule has 0 unspecified atom stereocenters. The zero-order valence-electron chi connectivity index (χ0n) is 13.4. The van der Waals surface area contributed by atoms with E-state index < -0.39 is 0 Å². The Morgan fingerprint density at radius 3 is 2.83 bits per heavy atom. The lowest BCUT2D eigenvalue weighted by Crippen LogP contribution is -2.13. The lowest BCUT2D eigenvalue weighted by Gasteiger charge is -2.11. The molecule has 6 heteroatoms. The van der Waals surface area contributed by atoms with Crippen molar-refractivity contribution < 1.29 is 14.3 Å². The van der Waals surface area contributed by atoms with Crippen molar-refractivity contribution in [3.8, 4) is 5.75 Å². The molecule has 24 heavy (non-hydrogen) atoms. The summed E-state index contributed by atoms with van der Waals surface area (Å²) in [7, 11) is 0. The van der Waals surface area contributed by atoms with E-state index in [0.717, 1.165) is 54.5 Å². The average Bonchev–Trinajstić information content (AvgIpc) is 3.11. The van der Waals surface area contributed by atoms with Crippen molar-refractivity contribution in [3.05, 3.63) is 40.3 Å². The second-order valence-electron chi connectivity index (χ2n) is 6.36. The number of anilines is 1. The first kappa shape index (κ1) is 15.6. The minimum Gasteiger partial charge on any atom is -0.493 e. The third kappa shape index (κ3) is 3.60. The van der Waals surface area contributed by atoms with Gasteiger partial charge in [-0.15, -0.1) is 11.3 Å². The highest BCUT2D eigenvalue weighted by Crippen LogP contribution is 2.41. The fourth-order valence-electron chi connectivity index (χ4n) is 2.82. The van der Waals surface area contributed by atoms with E-state index in [1.165, 1.54) is 11.3 Å². The van der Waals surface area contributed by atoms with Gasteiger partial charge in [0.2, 0.25) is 0 Å². The summed E-state index contributed by atoms with van der Waals surface area (Å²) in [5, 5.41) is 2.95. The van der Waals surface area contributed by atoms with Crippen LogP contribution < -0.4 is 10.1 Å². The first-order valence-electron chi connectivity index (χ1n) is 8.35. The maximum Gasteiger partial charge on any atom is 0.267 e. The van der Waals surface area contributed by atoms with Crippen LogP contribution in [-0.2, 0) is 4.74 Å². The molecule has 1 aromatic carbocycles. The van der Waals surface area contributed by atoms with Crippen molar-refractivity contribution in [1.29, 1.82) is 0 Å². The van der Waals surface area contributed by atoms with Crippen LogP contribution in [0.3, 0.4) is 0 Å². The summed E-state index contributed by atoms with van der Waals surface area (Å²) in [5.41, 5.74) is 3.48. The summed E-state index contributed by atoms with van der Waals surface area (Å²) in [6, 6.07) is 7.52. The highest BCUT2D eigenvalue weighted by molar-refractivity contribution is 7.12. The number of benzene rings is 1. The minimum atomic E-state index is -0.0730. The molecule has 1 atom stereocenters. The molecular weight excluding hydrogens is 324 g/mol. The van der Waals surface area contributed by atoms with Gasteiger partial charge in [-0.3, -0.25) is 4.79 Å². The lowest BCUT2D eigenvalue weighted by atomic mass is 10.1. The van der Waals surface area contributed by atoms with Gasteiger partial charge in [-0.2, -0.15) is 0 Å². The highest BCUT2D eigenvalue weighted by atomic mass is 32.1. The Morgan fingerprint density at radius 2 is 2.12 bits per heavy atom. The minimum absolute atomic E-state index is 0.0730. The van der Waals surface area contributed by atoms with Crippen molar-refractivity contribution in [3.63, 3.8) is 0 Å². The third-order valence-corrected chi connectivity index (χ3v) is 5.23. The molecule has 1 aromatic heterocycles. The number of carbonyl (C=O) groups is 1. The predicted molar refractivity (Wildman–Crippen MR) is 92.9 cm³/mol. The van der Waals surface area contributed by atoms with Gasteiger partial charge in [0, 0.05) is 24.1 Å². The summed E-state index contributed by atoms with van der Waals surface area (Å²) in [4.78, 5) is 17.5. The molecule has 2 heterocycles. The molecule has 126 valence electrons. The van der Waals surface area contributed by atoms with E-state index in [1.807, 2.05) is 24.3 Å². The Hall–Kier alpha value is -1.92. The number of thiazole rings is 1. The molecule has 0 spiro atoms. The topological polar surface area (TPSA) is 60.5 Å². The molecule has 0 radical (unpaired) electrons. The first-order chi connectivity index (χ1) is 11.8. The Morgan fingerprint density at radius 1 is 1.29 bits per heavy atom. The second kappa shape index (κ2) is 6.91. The van der Waals surface area contributed by atoms with Gasteiger partial charge in [0.25, 0.3) is 5.91 Å². The zero-order chi connectivity index (χ0) is 16.4. The van der Waals surface area contributed by atoms with E-state index in [4.69, 9.17) is 9.47 Å². The van der Waals surface area contributed by atoms with Gasteiger partial charge in [-0.1, -0.05) is 0 Å². The van der Waals surface area contributed by atoms with Crippen molar-refractivity contribution in [1.82, 2.24) is 4.98 Å². The highest BCUT2D eigenvalue weighted by Gasteiger charge is 2.30. The van der Waals surface area contributed by atoms with Crippen LogP contribution in [0.4, 0.5) is 5.69 Å². The lowest BCUT2D eigenvalue weighted by molar-refractivity contribution is 0.102. The SMILES string of the molecule is O=C(Nc1ccc(OC[C@@H]2CCOC2)cc1)c1scnc1C1CC1. The van der Waals surface area contributed by atoms with E-state index >= 15 is 0 Å². The molecule has 2 aromatic rings. The van der Waals surface area contributed by atoms with E-state index in [2.05, 4.69) is 10.3 Å². The van der Waals surface area contributed by atoms with E-state index in [1.54, 1.807) is 5.51 Å². The molecule has 1 N–H and O–H groups in total. The van der Waals surface area contributed by atoms with Crippen LogP contribution in [0.1, 0.15) is 40.5 Å². The zero-order valence-corrected chi connectivity index (χ0v) is 14.2. The molecule has 2 aliphatic rings. The van der Waals surface area contributed by atoms with Crippen molar-refractivity contribution in [2.45, 2.75) is 25.2 Å². The van der Waals surface area contributed by atoms with Crippen molar-refractivity contribution in [2.75, 3.05) is 25.1 Å². The van der Waals surface area contributed by atoms with Crippen LogP contribution in [0.15, 0.2) is 29.8 Å². The number of hydrogen-bond donors (Lipinski definition) is 1. The largest absolute Gasteiger partial charge is 0.493 e. The average molecular weight is 344 g/mol. The Bertz CT molecular complexity index is 703. The van der Waals surface area contributed by atoms with Gasteiger partial charge in [0.15, 0.2) is 0 Å². The number of carbonyl (C=O) groups excluding carboxylic acids is 1. The Kier molecular flexibility index (Phi) is 4.49. The molecule has 1 aliphatic carbocycles. The maximum atomic E-state index is 12.4. The summed E-state index contributed by atoms with van der Waals surface area (Å²) >= 11 is 1.41. The molecule has 1 saturated carbocycles. The number of amides is 1. The molecule has 0 bridgehead atoms. The van der Waals surface area contributed by atoms with Gasteiger partial charge in [-0.05, 0) is 43.5 Å². The van der Waals surface area contributed by atoms with Crippen LogP contribution in [0.25, 0.3) is 0 Å². The number of nitrogens with zero attached hydrogens (tertiary/aromatic N) is 1. The number of aromatic nitrogens is 1. The van der Waals surface area contributed by atoms with Crippen LogP contribution >= 0.6 is 11.3 Å². The third-order valence-electron chi connectivity index (χ3n) is 4.39. The van der Waals surface area contributed by atoms with Gasteiger partial charge in [-0.25, -0.2) is 4.98 Å². The fraction of sp³-hybridized carbons (Fsp3) is 0.444. The van der Waals surface area contributed by atoms with Crippen molar-refractivity contribution >= 4 is 22.9 Å². The van der Waals surface area contributed by atoms with Crippen molar-refractivity contribution in [2.24, 2.45) is 5.92 Å². The van der Waals surface area contributed by atoms with Gasteiger partial charge < -0.3 is 14.8 Å². The Balaban J connectivity index is 1.34. The number of nitrogens with one attached hydrogen (secondary N) is 1. The monoisotopic (exact) mass is 344 g/mol. The molecule has 1 aliphatic heterocycles. The van der Waals surface area contributed by atoms with Gasteiger partial charge in [0.05, 0.1) is 24.4 Å². The molecule has 1 saturated heterocycles. The molecule has 4 rings (SSSR count). The van der Waals surface area contributed by atoms with Crippen LogP contribution in [0, 0.1) is 5.92 Å². The van der Waals surface area contributed by atoms with Crippen LogP contribution in [0.5, 0.6) is 5.75 Å². The second-order valence-corrected chi connectivity index (χ2v) is 7.21. The quantitative estimate of drug-likeness (QED) is 0.868. The standard InChI is InChI=1S/C18H20N2O3S/c21-18(17-16(13-1-2-13)19-11-24-17)20-14-3-5-15(6-4-14)23-10-12-7-8-22-9-12/h3-6,11-13H,1-2,7-10H2,(H,20,21)/t12-/m1/s1. The van der Waals surface area contributed by atoms with Crippen LogP contribution in [0.2, 0.25) is 0 Å². The van der Waals surface area contributed by atoms with Crippen LogP contribution in [-0.4, -0.2) is 30.7 Å². The summed E-state index contributed by atoms with van der Waals surface area (Å²) in [6.07, 6.45) is 3.34. The molecule has 5 nitrogen and oxygen atoms in total. The number of hydrogen-bond acceptors (Lipinski definition) is 5. The molecular formula is C18H20N2O3S. The van der Waals surface area contributed by atoms with Gasteiger partial charge in [0.1, 0.15) is 10.6 Å². The molecule has 2 fully saturated rings. The Labute approximate surface area is 145 Å². The van der Waals surface area contributed by atoms with Gasteiger partial charge >= 0.3 is 0 Å². The first-order valence-corrected chi connectivity index (χ1v) is 9.23. The van der Waals surface area contributed by atoms with E-state index in [-0.39, 0.29) is 5.91 Å². The van der Waals surface area contributed by atoms with E-state index in [0.29, 0.717) is 18.4 Å².